The zero-order valence-electron chi connectivity index (χ0n) is 10.5. The van der Waals surface area contributed by atoms with Gasteiger partial charge in [0.05, 0.1) is 5.41 Å². The van der Waals surface area contributed by atoms with Crippen LogP contribution in [0.1, 0.15) is 19.2 Å². The Kier molecular flexibility index (Phi) is 2.60. The Morgan fingerprint density at radius 3 is 2.79 bits per heavy atom. The van der Waals surface area contributed by atoms with Crippen LogP contribution in [-0.2, 0) is 4.79 Å². The number of carbonyl (C=O) groups is 1. The molecule has 0 aliphatic heterocycles. The van der Waals surface area contributed by atoms with Gasteiger partial charge in [-0.05, 0) is 31.5 Å². The fraction of sp³-hybridized carbons (Fsp3) is 0.385. The van der Waals surface area contributed by atoms with E-state index < -0.39 is 9.75 Å². The van der Waals surface area contributed by atoms with Crippen molar-refractivity contribution in [2.24, 2.45) is 5.41 Å². The van der Waals surface area contributed by atoms with E-state index in [2.05, 4.69) is 10.3 Å². The van der Waals surface area contributed by atoms with E-state index in [9.17, 15) is 4.79 Å². The summed E-state index contributed by atoms with van der Waals surface area (Å²) < 4.78 is 4.41. The second-order valence-corrected chi connectivity index (χ2v) is 6.57. The van der Waals surface area contributed by atoms with Gasteiger partial charge in [0.1, 0.15) is 9.85 Å². The molecule has 1 unspecified atom stereocenters. The second kappa shape index (κ2) is 3.87. The third kappa shape index (κ3) is 1.99. The number of amides is 1. The van der Waals surface area contributed by atoms with Gasteiger partial charge < -0.3 is 9.73 Å². The molecule has 1 aliphatic carbocycles. The highest BCUT2D eigenvalue weighted by molar-refractivity contribution is 6.53. The smallest absolute Gasteiger partial charge is 0.233 e. The molecule has 1 aromatic heterocycles. The van der Waals surface area contributed by atoms with E-state index in [-0.39, 0.29) is 5.91 Å². The van der Waals surface area contributed by atoms with Gasteiger partial charge in [0.25, 0.3) is 0 Å². The van der Waals surface area contributed by atoms with Gasteiger partial charge in [0.2, 0.25) is 5.91 Å². The molecule has 6 heteroatoms. The molecule has 0 bridgehead atoms. The molecule has 1 aromatic carbocycles. The van der Waals surface area contributed by atoms with Gasteiger partial charge in [-0.1, -0.05) is 0 Å². The molecule has 1 aliphatic rings. The van der Waals surface area contributed by atoms with Crippen LogP contribution in [0.4, 0.5) is 5.69 Å². The number of halogens is 2. The molecular formula is C13H12Cl2N2O2. The van der Waals surface area contributed by atoms with Gasteiger partial charge in [-0.15, -0.1) is 23.2 Å². The minimum absolute atomic E-state index is 0.183. The Labute approximate surface area is 120 Å². The monoisotopic (exact) mass is 298 g/mol. The van der Waals surface area contributed by atoms with Gasteiger partial charge in [-0.25, -0.2) is 4.98 Å². The third-order valence-corrected chi connectivity index (χ3v) is 4.61. The average molecular weight is 299 g/mol. The summed E-state index contributed by atoms with van der Waals surface area (Å²) in [7, 11) is 0. The molecule has 1 N–H and O–H groups in total. The summed E-state index contributed by atoms with van der Waals surface area (Å²) in [4.78, 5) is 16.3. The molecule has 0 spiro atoms. The molecule has 19 heavy (non-hydrogen) atoms. The zero-order chi connectivity index (χ0) is 13.8. The van der Waals surface area contributed by atoms with Crippen molar-refractivity contribution >= 4 is 45.9 Å². The van der Waals surface area contributed by atoms with Crippen molar-refractivity contribution in [1.29, 1.82) is 0 Å². The molecule has 1 fully saturated rings. The molecule has 0 saturated heterocycles. The Balaban J connectivity index is 1.84. The third-order valence-electron chi connectivity index (χ3n) is 3.51. The average Bonchev–Trinajstić information content (AvgIpc) is 2.66. The van der Waals surface area contributed by atoms with E-state index >= 15 is 0 Å². The standard InChI is InChI=1S/C13H12Cl2N2O2/c1-7-16-9-5-8(3-4-10(9)19-7)17-11(18)12(2)6-13(12,14)15/h3-5H,6H2,1-2H3,(H,17,18). The van der Waals surface area contributed by atoms with Gasteiger partial charge >= 0.3 is 0 Å². The van der Waals surface area contributed by atoms with Crippen LogP contribution >= 0.6 is 23.2 Å². The molecule has 2 aromatic rings. The summed E-state index contributed by atoms with van der Waals surface area (Å²) >= 11 is 12.0. The lowest BCUT2D eigenvalue weighted by Gasteiger charge is -2.12. The molecule has 1 atom stereocenters. The summed E-state index contributed by atoms with van der Waals surface area (Å²) in [6, 6.07) is 5.30. The van der Waals surface area contributed by atoms with E-state index in [4.69, 9.17) is 27.6 Å². The van der Waals surface area contributed by atoms with Crippen molar-refractivity contribution < 1.29 is 9.21 Å². The highest BCUT2D eigenvalue weighted by Crippen LogP contribution is 2.64. The number of carbonyl (C=O) groups excluding carboxylic acids is 1. The number of fused-ring (bicyclic) bond motifs is 1. The number of benzene rings is 1. The number of nitrogens with zero attached hydrogens (tertiary/aromatic N) is 1. The Bertz CT molecular complexity index is 680. The molecule has 1 heterocycles. The Morgan fingerprint density at radius 1 is 1.47 bits per heavy atom. The summed E-state index contributed by atoms with van der Waals surface area (Å²) in [5, 5.41) is 2.81. The number of rotatable bonds is 2. The van der Waals surface area contributed by atoms with Crippen LogP contribution in [0.15, 0.2) is 22.6 Å². The fourth-order valence-corrected chi connectivity index (χ4v) is 2.74. The summed E-state index contributed by atoms with van der Waals surface area (Å²) in [5.74, 6) is 0.408. The molecule has 100 valence electrons. The van der Waals surface area contributed by atoms with Crippen molar-refractivity contribution in [3.05, 3.63) is 24.1 Å². The maximum absolute atomic E-state index is 12.1. The molecule has 4 nitrogen and oxygen atoms in total. The number of aromatic nitrogens is 1. The predicted molar refractivity (Wildman–Crippen MR) is 74.5 cm³/mol. The normalized spacial score (nSPS) is 24.4. The maximum atomic E-state index is 12.1. The number of oxazole rings is 1. The lowest BCUT2D eigenvalue weighted by atomic mass is 10.1. The number of alkyl halides is 2. The van der Waals surface area contributed by atoms with E-state index in [0.29, 0.717) is 29.1 Å². The maximum Gasteiger partial charge on any atom is 0.233 e. The number of nitrogens with one attached hydrogen (secondary N) is 1. The number of hydrogen-bond donors (Lipinski definition) is 1. The SMILES string of the molecule is Cc1nc2cc(NC(=O)C3(C)CC3(Cl)Cl)ccc2o1. The lowest BCUT2D eigenvalue weighted by molar-refractivity contribution is -0.120. The van der Waals surface area contributed by atoms with Crippen LogP contribution in [0, 0.1) is 12.3 Å². The van der Waals surface area contributed by atoms with Gasteiger partial charge in [-0.3, -0.25) is 4.79 Å². The van der Waals surface area contributed by atoms with Gasteiger partial charge in [0.15, 0.2) is 11.5 Å². The minimum Gasteiger partial charge on any atom is -0.441 e. The minimum atomic E-state index is -0.967. The topological polar surface area (TPSA) is 55.1 Å². The first-order chi connectivity index (χ1) is 8.82. The van der Waals surface area contributed by atoms with Crippen molar-refractivity contribution in [3.63, 3.8) is 0 Å². The highest BCUT2D eigenvalue weighted by Gasteiger charge is 2.67. The molecule has 0 radical (unpaired) electrons. The van der Waals surface area contributed by atoms with E-state index in [0.717, 1.165) is 0 Å². The zero-order valence-corrected chi connectivity index (χ0v) is 12.0. The quantitative estimate of drug-likeness (QED) is 0.861. The van der Waals surface area contributed by atoms with Gasteiger partial charge in [0, 0.05) is 12.6 Å². The van der Waals surface area contributed by atoms with Crippen LogP contribution in [0.3, 0.4) is 0 Å². The number of anilines is 1. The van der Waals surface area contributed by atoms with Crippen molar-refractivity contribution in [2.75, 3.05) is 5.32 Å². The summed E-state index contributed by atoms with van der Waals surface area (Å²) in [6.07, 6.45) is 0.459. The number of hydrogen-bond acceptors (Lipinski definition) is 3. The van der Waals surface area contributed by atoms with Crippen molar-refractivity contribution in [3.8, 4) is 0 Å². The summed E-state index contributed by atoms with van der Waals surface area (Å²) in [5.41, 5.74) is 1.32. The second-order valence-electron chi connectivity index (χ2n) is 5.08. The van der Waals surface area contributed by atoms with Crippen LogP contribution in [-0.4, -0.2) is 15.2 Å². The molecule has 1 saturated carbocycles. The van der Waals surface area contributed by atoms with Crippen LogP contribution in [0.25, 0.3) is 11.1 Å². The van der Waals surface area contributed by atoms with Crippen LogP contribution in [0.5, 0.6) is 0 Å². The van der Waals surface area contributed by atoms with Crippen molar-refractivity contribution in [1.82, 2.24) is 4.98 Å². The molecule has 1 amide bonds. The number of aryl methyl sites for hydroxylation is 1. The van der Waals surface area contributed by atoms with Crippen LogP contribution < -0.4 is 5.32 Å². The van der Waals surface area contributed by atoms with E-state index in [1.54, 1.807) is 32.0 Å². The van der Waals surface area contributed by atoms with Crippen molar-refractivity contribution in [2.45, 2.75) is 24.6 Å². The Hall–Kier alpha value is -1.26. The first kappa shape index (κ1) is 12.8. The molecular weight excluding hydrogens is 287 g/mol. The predicted octanol–water partition coefficient (Wildman–Crippen LogP) is 3.66. The fourth-order valence-electron chi connectivity index (χ4n) is 2.04. The molecule has 3 rings (SSSR count). The first-order valence-electron chi connectivity index (χ1n) is 5.88. The van der Waals surface area contributed by atoms with E-state index in [1.165, 1.54) is 0 Å². The largest absolute Gasteiger partial charge is 0.441 e. The van der Waals surface area contributed by atoms with Gasteiger partial charge in [-0.2, -0.15) is 0 Å². The highest BCUT2D eigenvalue weighted by atomic mass is 35.5. The Morgan fingerprint density at radius 2 is 2.16 bits per heavy atom. The van der Waals surface area contributed by atoms with Crippen LogP contribution in [0.2, 0.25) is 0 Å². The summed E-state index contributed by atoms with van der Waals surface area (Å²) in [6.45, 7) is 3.53. The lowest BCUT2D eigenvalue weighted by Crippen LogP contribution is -2.25. The first-order valence-corrected chi connectivity index (χ1v) is 6.64. The van der Waals surface area contributed by atoms with E-state index in [1.807, 2.05) is 0 Å².